The lowest BCUT2D eigenvalue weighted by Gasteiger charge is -2.30. The molecule has 0 spiro atoms. The first-order chi connectivity index (χ1) is 16.3. The van der Waals surface area contributed by atoms with E-state index in [0.717, 1.165) is 30.6 Å². The Morgan fingerprint density at radius 1 is 1.15 bits per heavy atom. The molecule has 0 saturated carbocycles. The smallest absolute Gasteiger partial charge is 0.265 e. The number of para-hydroxylation sites is 2. The van der Waals surface area contributed by atoms with Crippen LogP contribution in [0.15, 0.2) is 59.0 Å². The molecule has 3 aromatic rings. The predicted octanol–water partition coefficient (Wildman–Crippen LogP) is 3.54. The summed E-state index contributed by atoms with van der Waals surface area (Å²) in [7, 11) is 0. The number of hydrogen-bond acceptors (Lipinski definition) is 4. The highest BCUT2D eigenvalue weighted by molar-refractivity contribution is 5.76. The number of pyridine rings is 1. The van der Waals surface area contributed by atoms with Crippen molar-refractivity contribution in [2.75, 3.05) is 11.4 Å². The number of nitrogens with zero attached hydrogens (tertiary/aromatic N) is 3. The lowest BCUT2D eigenvalue weighted by molar-refractivity contribution is 0.432. The van der Waals surface area contributed by atoms with Crippen LogP contribution in [0.3, 0.4) is 0 Å². The average molecular weight is 450 g/mol. The van der Waals surface area contributed by atoms with Crippen molar-refractivity contribution in [3.05, 3.63) is 97.3 Å². The van der Waals surface area contributed by atoms with Gasteiger partial charge in [-0.3, -0.25) is 4.79 Å². The van der Waals surface area contributed by atoms with Crippen molar-refractivity contribution in [1.29, 1.82) is 5.26 Å². The van der Waals surface area contributed by atoms with Gasteiger partial charge in [0, 0.05) is 33.8 Å². The van der Waals surface area contributed by atoms with Crippen LogP contribution in [0.4, 0.5) is 5.69 Å². The monoisotopic (exact) mass is 449 g/mol. The first-order valence-electron chi connectivity index (χ1n) is 11.5. The van der Waals surface area contributed by atoms with Gasteiger partial charge in [0.1, 0.15) is 11.6 Å². The molecular weight excluding hydrogens is 422 g/mol. The molecule has 0 radical (unpaired) electrons. The fraction of sp³-hybridized carbons (Fsp3) is 0.241. The van der Waals surface area contributed by atoms with Crippen molar-refractivity contribution < 1.29 is 5.11 Å². The van der Waals surface area contributed by atoms with Crippen LogP contribution in [0.5, 0.6) is 5.88 Å². The van der Waals surface area contributed by atoms with Crippen LogP contribution in [0.2, 0.25) is 0 Å². The van der Waals surface area contributed by atoms with Crippen molar-refractivity contribution in [2.24, 2.45) is 0 Å². The summed E-state index contributed by atoms with van der Waals surface area (Å²) in [5.74, 6) is -0.383. The minimum atomic E-state index is -0.402. The summed E-state index contributed by atoms with van der Waals surface area (Å²) >= 11 is 0. The molecule has 170 valence electrons. The zero-order valence-electron chi connectivity index (χ0n) is 19.7. The summed E-state index contributed by atoms with van der Waals surface area (Å²) in [6.07, 6.45) is 5.89. The Kier molecular flexibility index (Phi) is 4.98. The Morgan fingerprint density at radius 2 is 1.91 bits per heavy atom. The van der Waals surface area contributed by atoms with E-state index < -0.39 is 5.56 Å². The molecule has 0 fully saturated rings. The summed E-state index contributed by atoms with van der Waals surface area (Å²) in [5, 5.41) is 21.1. The van der Waals surface area contributed by atoms with Gasteiger partial charge < -0.3 is 10.0 Å². The molecule has 2 aromatic carbocycles. The van der Waals surface area contributed by atoms with Crippen molar-refractivity contribution in [2.45, 2.75) is 39.0 Å². The van der Waals surface area contributed by atoms with Crippen LogP contribution in [0.25, 0.3) is 18.3 Å². The molecule has 0 unspecified atom stereocenters. The van der Waals surface area contributed by atoms with Gasteiger partial charge in [-0.1, -0.05) is 56.8 Å². The van der Waals surface area contributed by atoms with E-state index in [0.29, 0.717) is 10.9 Å². The first-order valence-corrected chi connectivity index (χ1v) is 11.5. The quantitative estimate of drug-likeness (QED) is 0.650. The van der Waals surface area contributed by atoms with Gasteiger partial charge in [0.05, 0.1) is 5.69 Å². The highest BCUT2D eigenvalue weighted by atomic mass is 16.3. The Morgan fingerprint density at radius 3 is 2.65 bits per heavy atom. The van der Waals surface area contributed by atoms with Gasteiger partial charge in [-0.05, 0) is 54.7 Å². The number of aryl methyl sites for hydroxylation is 2. The number of anilines is 1. The zero-order chi connectivity index (χ0) is 24.2. The molecule has 2 aliphatic heterocycles. The standard InChI is InChI=1S/C29H27N3O2/c1-18-9-5-6-13-24(18)32-27(33)21(19(2)22(17-30)28(32)34)14-15-25-29(3,4)23-12-7-10-20-11-8-16-31(25)26(20)23/h5-7,9-10,12-15,34H,2,8,11,16H2,1,3-4H3/b21-14+,25-15-. The third-order valence-corrected chi connectivity index (χ3v) is 7.19. The van der Waals surface area contributed by atoms with Crippen LogP contribution in [0.1, 0.15) is 42.5 Å². The number of aromatic hydroxyl groups is 1. The molecule has 5 heteroatoms. The fourth-order valence-electron chi connectivity index (χ4n) is 5.39. The average Bonchev–Trinajstić information content (AvgIpc) is 3.03. The van der Waals surface area contributed by atoms with E-state index in [4.69, 9.17) is 0 Å². The molecule has 0 atom stereocenters. The fourth-order valence-corrected chi connectivity index (χ4v) is 5.39. The normalized spacial score (nSPS) is 17.6. The molecule has 1 aromatic heterocycles. The molecule has 0 aliphatic carbocycles. The molecule has 5 rings (SSSR count). The number of rotatable bonds is 2. The second kappa shape index (κ2) is 7.78. The van der Waals surface area contributed by atoms with Crippen LogP contribution in [0, 0.1) is 18.3 Å². The maximum absolute atomic E-state index is 13.6. The molecule has 34 heavy (non-hydrogen) atoms. The summed E-state index contributed by atoms with van der Waals surface area (Å²) in [5.41, 5.74) is 5.78. The first kappa shape index (κ1) is 21.8. The number of nitriles is 1. The van der Waals surface area contributed by atoms with E-state index in [1.54, 1.807) is 18.2 Å². The molecular formula is C29H27N3O2. The zero-order valence-corrected chi connectivity index (χ0v) is 19.7. The Labute approximate surface area is 198 Å². The Hall–Kier alpha value is -4.04. The molecule has 1 N–H and O–H groups in total. The predicted molar refractivity (Wildman–Crippen MR) is 136 cm³/mol. The topological polar surface area (TPSA) is 69.3 Å². The molecule has 5 nitrogen and oxygen atoms in total. The van der Waals surface area contributed by atoms with E-state index in [2.05, 4.69) is 43.5 Å². The Balaban J connectivity index is 1.78. The largest absolute Gasteiger partial charge is 0.493 e. The SMILES string of the molecule is C=c1c(C#N)c(O)n(-c2ccccc2C)c(=O)/c1=C/C=C1\N2CCCc3cccc(c32)C1(C)C. The molecule has 0 bridgehead atoms. The second-order valence-electron chi connectivity index (χ2n) is 9.54. The van der Waals surface area contributed by atoms with Gasteiger partial charge in [-0.25, -0.2) is 4.57 Å². The van der Waals surface area contributed by atoms with Crippen LogP contribution in [-0.4, -0.2) is 16.2 Å². The maximum Gasteiger partial charge on any atom is 0.265 e. The van der Waals surface area contributed by atoms with Gasteiger partial charge >= 0.3 is 0 Å². The van der Waals surface area contributed by atoms with E-state index in [9.17, 15) is 15.2 Å². The third kappa shape index (κ3) is 3.03. The minimum Gasteiger partial charge on any atom is -0.493 e. The van der Waals surface area contributed by atoms with Crippen molar-refractivity contribution in [3.8, 4) is 17.6 Å². The van der Waals surface area contributed by atoms with E-state index in [-0.39, 0.29) is 22.1 Å². The minimum absolute atomic E-state index is 0.00160. The van der Waals surface area contributed by atoms with Crippen molar-refractivity contribution in [3.63, 3.8) is 0 Å². The highest BCUT2D eigenvalue weighted by Crippen LogP contribution is 2.50. The van der Waals surface area contributed by atoms with Gasteiger partial charge in [0.15, 0.2) is 0 Å². The van der Waals surface area contributed by atoms with Crippen LogP contribution < -0.4 is 20.9 Å². The van der Waals surface area contributed by atoms with Gasteiger partial charge in [0.2, 0.25) is 5.88 Å². The van der Waals surface area contributed by atoms with Gasteiger partial charge in [-0.15, -0.1) is 0 Å². The van der Waals surface area contributed by atoms with E-state index >= 15 is 0 Å². The lowest BCUT2D eigenvalue weighted by atomic mass is 9.83. The maximum atomic E-state index is 13.6. The molecule has 0 saturated heterocycles. The van der Waals surface area contributed by atoms with Crippen LogP contribution >= 0.6 is 0 Å². The summed E-state index contributed by atoms with van der Waals surface area (Å²) in [4.78, 5) is 16.0. The van der Waals surface area contributed by atoms with Crippen molar-refractivity contribution >= 4 is 18.3 Å². The number of benzene rings is 2. The van der Waals surface area contributed by atoms with E-state index in [1.807, 2.05) is 31.2 Å². The lowest BCUT2D eigenvalue weighted by Crippen LogP contribution is -2.45. The Bertz CT molecular complexity index is 1590. The highest BCUT2D eigenvalue weighted by Gasteiger charge is 2.41. The van der Waals surface area contributed by atoms with Crippen LogP contribution in [-0.2, 0) is 11.8 Å². The third-order valence-electron chi connectivity index (χ3n) is 7.19. The second-order valence-corrected chi connectivity index (χ2v) is 9.54. The number of aromatic nitrogens is 1. The summed E-state index contributed by atoms with van der Waals surface area (Å²) in [6.45, 7) is 11.2. The van der Waals surface area contributed by atoms with Gasteiger partial charge in [0.25, 0.3) is 5.56 Å². The number of allylic oxidation sites excluding steroid dienone is 2. The number of hydrogen-bond donors (Lipinski definition) is 1. The van der Waals surface area contributed by atoms with Gasteiger partial charge in [-0.2, -0.15) is 5.26 Å². The molecule has 3 heterocycles. The summed E-state index contributed by atoms with van der Waals surface area (Å²) < 4.78 is 1.21. The van der Waals surface area contributed by atoms with Crippen molar-refractivity contribution in [1.82, 2.24) is 4.57 Å². The summed E-state index contributed by atoms with van der Waals surface area (Å²) in [6, 6.07) is 15.8. The molecule has 0 amide bonds. The van der Waals surface area contributed by atoms with E-state index in [1.165, 1.54) is 21.4 Å². The molecule has 2 aliphatic rings.